The van der Waals surface area contributed by atoms with Crippen LogP contribution in [0.15, 0.2) is 18.2 Å². The van der Waals surface area contributed by atoms with Gasteiger partial charge in [0.15, 0.2) is 0 Å². The van der Waals surface area contributed by atoms with Crippen molar-refractivity contribution in [3.05, 3.63) is 35.1 Å². The minimum Gasteiger partial charge on any atom is -0.311 e. The van der Waals surface area contributed by atoms with E-state index in [-0.39, 0.29) is 11.4 Å². The average Bonchev–Trinajstić information content (AvgIpc) is 2.37. The number of piperazine rings is 1. The number of rotatable bonds is 3. The number of aryl methyl sites for hydroxylation is 1. The van der Waals surface area contributed by atoms with E-state index in [0.29, 0.717) is 6.04 Å². The molecule has 0 bridgehead atoms. The van der Waals surface area contributed by atoms with Gasteiger partial charge < -0.3 is 5.32 Å². The van der Waals surface area contributed by atoms with Gasteiger partial charge >= 0.3 is 0 Å². The highest BCUT2D eigenvalue weighted by Crippen LogP contribution is 2.26. The topological polar surface area (TPSA) is 15.3 Å². The van der Waals surface area contributed by atoms with Crippen LogP contribution in [-0.4, -0.2) is 29.6 Å². The predicted octanol–water partition coefficient (Wildman–Crippen LogP) is 3.10. The molecule has 0 radical (unpaired) electrons. The van der Waals surface area contributed by atoms with Crippen molar-refractivity contribution in [2.75, 3.05) is 13.1 Å². The molecule has 1 saturated heterocycles. The van der Waals surface area contributed by atoms with Gasteiger partial charge in [0.25, 0.3) is 0 Å². The van der Waals surface area contributed by atoms with Gasteiger partial charge in [0.2, 0.25) is 0 Å². The van der Waals surface area contributed by atoms with E-state index in [2.05, 4.69) is 31.0 Å². The lowest BCUT2D eigenvalue weighted by Crippen LogP contribution is -2.61. The van der Waals surface area contributed by atoms with E-state index in [1.807, 2.05) is 13.0 Å². The molecule has 0 aromatic heterocycles. The van der Waals surface area contributed by atoms with Crippen LogP contribution in [0.4, 0.5) is 4.39 Å². The molecule has 0 amide bonds. The second-order valence-electron chi connectivity index (χ2n) is 6.08. The van der Waals surface area contributed by atoms with E-state index in [1.54, 1.807) is 12.1 Å². The van der Waals surface area contributed by atoms with Crippen molar-refractivity contribution in [3.63, 3.8) is 0 Å². The molecule has 0 saturated carbocycles. The number of hydrogen-bond acceptors (Lipinski definition) is 2. The average molecular weight is 264 g/mol. The van der Waals surface area contributed by atoms with Crippen LogP contribution >= 0.6 is 0 Å². The van der Waals surface area contributed by atoms with Crippen LogP contribution in [-0.2, 0) is 6.54 Å². The third kappa shape index (κ3) is 3.15. The van der Waals surface area contributed by atoms with Crippen molar-refractivity contribution in [3.8, 4) is 0 Å². The van der Waals surface area contributed by atoms with Gasteiger partial charge in [0, 0.05) is 31.2 Å². The first kappa shape index (κ1) is 14.5. The van der Waals surface area contributed by atoms with Gasteiger partial charge in [0.1, 0.15) is 5.82 Å². The van der Waals surface area contributed by atoms with Crippen molar-refractivity contribution in [1.29, 1.82) is 0 Å². The van der Waals surface area contributed by atoms with Gasteiger partial charge in [-0.1, -0.05) is 13.0 Å². The molecule has 1 fully saturated rings. The number of halogens is 1. The minimum atomic E-state index is -0.145. The summed E-state index contributed by atoms with van der Waals surface area (Å²) >= 11 is 0. The lowest BCUT2D eigenvalue weighted by Gasteiger charge is -2.47. The Kier molecular flexibility index (Phi) is 4.26. The van der Waals surface area contributed by atoms with E-state index in [0.717, 1.165) is 31.6 Å². The van der Waals surface area contributed by atoms with Crippen molar-refractivity contribution < 1.29 is 4.39 Å². The molecule has 2 unspecified atom stereocenters. The second-order valence-corrected chi connectivity index (χ2v) is 6.08. The summed E-state index contributed by atoms with van der Waals surface area (Å²) in [5, 5.41) is 3.56. The standard InChI is InChI=1S/C16H25FN2/c1-5-16(4)11-18-13(3)9-19(16)10-14-6-7-15(17)8-12(14)2/h6-8,13,18H,5,9-11H2,1-4H3. The summed E-state index contributed by atoms with van der Waals surface area (Å²) in [7, 11) is 0. The molecule has 2 atom stereocenters. The predicted molar refractivity (Wildman–Crippen MR) is 77.7 cm³/mol. The van der Waals surface area contributed by atoms with Gasteiger partial charge in [-0.15, -0.1) is 0 Å². The molecule has 19 heavy (non-hydrogen) atoms. The molecule has 106 valence electrons. The molecule has 0 spiro atoms. The molecule has 1 aromatic rings. The molecule has 1 N–H and O–H groups in total. The van der Waals surface area contributed by atoms with E-state index >= 15 is 0 Å². The van der Waals surface area contributed by atoms with Crippen LogP contribution < -0.4 is 5.32 Å². The first-order valence-electron chi connectivity index (χ1n) is 7.18. The van der Waals surface area contributed by atoms with Crippen molar-refractivity contribution in [1.82, 2.24) is 10.2 Å². The Bertz CT molecular complexity index is 446. The maximum Gasteiger partial charge on any atom is 0.123 e. The molecular weight excluding hydrogens is 239 g/mol. The lowest BCUT2D eigenvalue weighted by atomic mass is 9.91. The fourth-order valence-electron chi connectivity index (χ4n) is 2.77. The van der Waals surface area contributed by atoms with Gasteiger partial charge in [-0.2, -0.15) is 0 Å². The zero-order valence-corrected chi connectivity index (χ0v) is 12.5. The summed E-state index contributed by atoms with van der Waals surface area (Å²) in [6.45, 7) is 11.7. The van der Waals surface area contributed by atoms with Gasteiger partial charge in [0.05, 0.1) is 0 Å². The summed E-state index contributed by atoms with van der Waals surface area (Å²) in [4.78, 5) is 2.54. The van der Waals surface area contributed by atoms with E-state index in [9.17, 15) is 4.39 Å². The monoisotopic (exact) mass is 264 g/mol. The Morgan fingerprint density at radius 1 is 1.47 bits per heavy atom. The maximum atomic E-state index is 13.2. The van der Waals surface area contributed by atoms with Gasteiger partial charge in [-0.05, 0) is 50.5 Å². The first-order valence-corrected chi connectivity index (χ1v) is 7.18. The summed E-state index contributed by atoms with van der Waals surface area (Å²) in [5.41, 5.74) is 2.47. The van der Waals surface area contributed by atoms with Crippen LogP contribution in [0, 0.1) is 12.7 Å². The summed E-state index contributed by atoms with van der Waals surface area (Å²) < 4.78 is 13.2. The molecule has 1 heterocycles. The Hall–Kier alpha value is -0.930. The number of hydrogen-bond donors (Lipinski definition) is 1. The Balaban J connectivity index is 2.19. The van der Waals surface area contributed by atoms with E-state index < -0.39 is 0 Å². The molecule has 2 rings (SSSR count). The number of nitrogens with zero attached hydrogens (tertiary/aromatic N) is 1. The van der Waals surface area contributed by atoms with Crippen LogP contribution in [0.2, 0.25) is 0 Å². The van der Waals surface area contributed by atoms with Crippen LogP contribution in [0.1, 0.15) is 38.3 Å². The highest BCUT2D eigenvalue weighted by atomic mass is 19.1. The zero-order valence-electron chi connectivity index (χ0n) is 12.5. The number of benzene rings is 1. The quantitative estimate of drug-likeness (QED) is 0.902. The fraction of sp³-hybridized carbons (Fsp3) is 0.625. The van der Waals surface area contributed by atoms with Crippen LogP contribution in [0.25, 0.3) is 0 Å². The Morgan fingerprint density at radius 2 is 2.21 bits per heavy atom. The smallest absolute Gasteiger partial charge is 0.123 e. The number of nitrogens with one attached hydrogen (secondary N) is 1. The van der Waals surface area contributed by atoms with Crippen molar-refractivity contribution >= 4 is 0 Å². The molecule has 1 aromatic carbocycles. The molecule has 2 nitrogen and oxygen atoms in total. The lowest BCUT2D eigenvalue weighted by molar-refractivity contribution is 0.0451. The third-order valence-corrected chi connectivity index (χ3v) is 4.52. The third-order valence-electron chi connectivity index (χ3n) is 4.52. The first-order chi connectivity index (χ1) is 8.94. The Morgan fingerprint density at radius 3 is 2.84 bits per heavy atom. The highest BCUT2D eigenvalue weighted by Gasteiger charge is 2.34. The minimum absolute atomic E-state index is 0.145. The van der Waals surface area contributed by atoms with E-state index in [4.69, 9.17) is 0 Å². The highest BCUT2D eigenvalue weighted by molar-refractivity contribution is 5.26. The van der Waals surface area contributed by atoms with Gasteiger partial charge in [-0.3, -0.25) is 4.90 Å². The van der Waals surface area contributed by atoms with Crippen molar-refractivity contribution in [2.24, 2.45) is 0 Å². The molecule has 0 aliphatic carbocycles. The van der Waals surface area contributed by atoms with Crippen LogP contribution in [0.3, 0.4) is 0 Å². The van der Waals surface area contributed by atoms with Crippen LogP contribution in [0.5, 0.6) is 0 Å². The largest absolute Gasteiger partial charge is 0.311 e. The second kappa shape index (κ2) is 5.59. The molecule has 1 aliphatic heterocycles. The normalized spacial score (nSPS) is 28.6. The molecule has 3 heteroatoms. The van der Waals surface area contributed by atoms with Gasteiger partial charge in [-0.25, -0.2) is 4.39 Å². The Labute approximate surface area is 116 Å². The summed E-state index contributed by atoms with van der Waals surface area (Å²) in [6, 6.07) is 5.63. The maximum absolute atomic E-state index is 13.2. The molecule has 1 aliphatic rings. The van der Waals surface area contributed by atoms with Crippen molar-refractivity contribution in [2.45, 2.75) is 52.2 Å². The zero-order chi connectivity index (χ0) is 14.0. The van der Waals surface area contributed by atoms with E-state index in [1.165, 1.54) is 5.56 Å². The SMILES string of the molecule is CCC1(C)CNC(C)CN1Cc1ccc(F)cc1C. The summed E-state index contributed by atoms with van der Waals surface area (Å²) in [5.74, 6) is -0.145. The molecular formula is C16H25FN2. The fourth-order valence-corrected chi connectivity index (χ4v) is 2.77. The summed E-state index contributed by atoms with van der Waals surface area (Å²) in [6.07, 6.45) is 1.12.